The lowest BCUT2D eigenvalue weighted by Crippen LogP contribution is -2.36. The highest BCUT2D eigenvalue weighted by molar-refractivity contribution is 6.32. The molecule has 15 heteroatoms. The van der Waals surface area contributed by atoms with Gasteiger partial charge in [-0.3, -0.25) is 9.78 Å². The Morgan fingerprint density at radius 3 is 2.24 bits per heavy atom. The van der Waals surface area contributed by atoms with Crippen molar-refractivity contribution in [2.75, 3.05) is 19.7 Å². The number of pyridine rings is 1. The van der Waals surface area contributed by atoms with Crippen molar-refractivity contribution in [2.45, 2.75) is 59.7 Å². The van der Waals surface area contributed by atoms with Crippen LogP contribution >= 0.6 is 11.6 Å². The number of benzene rings is 4. The topological polar surface area (TPSA) is 160 Å². The molecule has 0 fully saturated rings. The Kier molecular flexibility index (Phi) is 16.6. The molecular formula is C44H42ClF3N4O7. The van der Waals surface area contributed by atoms with Gasteiger partial charge < -0.3 is 30.0 Å². The number of alkyl halides is 3. The molecule has 308 valence electrons. The van der Waals surface area contributed by atoms with Crippen molar-refractivity contribution in [3.05, 3.63) is 129 Å². The van der Waals surface area contributed by atoms with Gasteiger partial charge in [0.15, 0.2) is 0 Å². The maximum Gasteiger partial charge on any atom is 0.419 e. The number of aromatic nitrogens is 1. The van der Waals surface area contributed by atoms with E-state index in [2.05, 4.69) is 21.7 Å². The van der Waals surface area contributed by atoms with E-state index in [1.54, 1.807) is 36.5 Å². The number of nitrogens with zero attached hydrogens (tertiary/aromatic N) is 2. The quantitative estimate of drug-likeness (QED) is 0.0770. The van der Waals surface area contributed by atoms with Crippen molar-refractivity contribution < 1.29 is 46.9 Å². The predicted molar refractivity (Wildman–Crippen MR) is 214 cm³/mol. The summed E-state index contributed by atoms with van der Waals surface area (Å²) < 4.78 is 60.7. The molecule has 3 N–H and O–H groups in total. The van der Waals surface area contributed by atoms with Gasteiger partial charge in [0.05, 0.1) is 16.1 Å². The van der Waals surface area contributed by atoms with Gasteiger partial charge in [-0.05, 0) is 90.5 Å². The van der Waals surface area contributed by atoms with Crippen LogP contribution in [-0.4, -0.2) is 47.9 Å². The van der Waals surface area contributed by atoms with Crippen molar-refractivity contribution in [3.63, 3.8) is 0 Å². The smallest absolute Gasteiger partial charge is 0.419 e. The number of rotatable bonds is 17. The van der Waals surface area contributed by atoms with Crippen LogP contribution in [0, 0.1) is 25.2 Å². The standard InChI is InChI=1S/C43H42ClF3N4O5.CO2/c1-5-49-23-33-18-38(44)41(19-40(33)55-24-30-16-29(20-48)21-50-22-30)56-25-32-8-6-10-35(26(32)2)36-11-7-9-34(27(36)3)31-12-13-39(37(17-31)43(45,46)47)54-15-14-51-28(4)42(52)53;2-1-3/h6-13,16-19,21-22,28,49,51H,5,14-15,23-25H2,1-4H3,(H,52,53);/t28-;/m0./s1. The number of carboxylic acids is 1. The van der Waals surface area contributed by atoms with Crippen LogP contribution in [0.15, 0.2) is 85.2 Å². The van der Waals surface area contributed by atoms with E-state index in [0.29, 0.717) is 39.8 Å². The van der Waals surface area contributed by atoms with Crippen LogP contribution in [0.2, 0.25) is 5.02 Å². The molecule has 5 rings (SSSR count). The van der Waals surface area contributed by atoms with E-state index in [1.807, 2.05) is 51.1 Å². The van der Waals surface area contributed by atoms with Gasteiger partial charge in [0.2, 0.25) is 0 Å². The third kappa shape index (κ3) is 12.4. The second-order valence-electron chi connectivity index (χ2n) is 13.2. The van der Waals surface area contributed by atoms with Crippen molar-refractivity contribution in [3.8, 4) is 45.6 Å². The molecule has 1 heterocycles. The first-order valence-electron chi connectivity index (χ1n) is 18.3. The Labute approximate surface area is 344 Å². The summed E-state index contributed by atoms with van der Waals surface area (Å²) in [5, 5.41) is 24.7. The molecule has 5 aromatic rings. The highest BCUT2D eigenvalue weighted by atomic mass is 35.5. The summed E-state index contributed by atoms with van der Waals surface area (Å²) in [4.78, 5) is 31.4. The number of hydrogen-bond donors (Lipinski definition) is 3. The number of ether oxygens (including phenoxy) is 3. The number of carboxylic acid groups (broad SMARTS) is 1. The van der Waals surface area contributed by atoms with Crippen LogP contribution in [0.4, 0.5) is 13.2 Å². The fraction of sp³-hybridized carbons (Fsp3) is 0.273. The Morgan fingerprint density at radius 1 is 0.881 bits per heavy atom. The number of carbonyl (C=O) groups is 1. The van der Waals surface area contributed by atoms with Gasteiger partial charge in [-0.25, -0.2) is 0 Å². The van der Waals surface area contributed by atoms with Crippen molar-refractivity contribution in [1.82, 2.24) is 15.6 Å². The molecule has 0 spiro atoms. The van der Waals surface area contributed by atoms with Gasteiger partial charge in [-0.2, -0.15) is 28.0 Å². The first-order valence-corrected chi connectivity index (χ1v) is 18.7. The molecular weight excluding hydrogens is 789 g/mol. The average Bonchev–Trinajstić information content (AvgIpc) is 3.21. The van der Waals surface area contributed by atoms with Crippen LogP contribution in [0.3, 0.4) is 0 Å². The number of hydrogen-bond acceptors (Lipinski definition) is 10. The summed E-state index contributed by atoms with van der Waals surface area (Å²) in [6, 6.07) is 21.8. The van der Waals surface area contributed by atoms with E-state index in [9.17, 15) is 23.2 Å². The van der Waals surface area contributed by atoms with Gasteiger partial charge in [0, 0.05) is 42.7 Å². The highest BCUT2D eigenvalue weighted by Crippen LogP contribution is 2.41. The van der Waals surface area contributed by atoms with Crippen LogP contribution in [0.1, 0.15) is 52.8 Å². The normalized spacial score (nSPS) is 11.4. The second-order valence-corrected chi connectivity index (χ2v) is 13.6. The fourth-order valence-corrected chi connectivity index (χ4v) is 6.34. The summed E-state index contributed by atoms with van der Waals surface area (Å²) in [7, 11) is 0. The summed E-state index contributed by atoms with van der Waals surface area (Å²) in [5.74, 6) is -0.410. The lowest BCUT2D eigenvalue weighted by Gasteiger charge is -2.19. The van der Waals surface area contributed by atoms with E-state index >= 15 is 0 Å². The zero-order valence-electron chi connectivity index (χ0n) is 32.7. The first-order chi connectivity index (χ1) is 28.2. The van der Waals surface area contributed by atoms with E-state index in [-0.39, 0.29) is 38.3 Å². The minimum atomic E-state index is -4.69. The summed E-state index contributed by atoms with van der Waals surface area (Å²) in [6.07, 6.45) is -1.30. The van der Waals surface area contributed by atoms with Gasteiger partial charge in [0.25, 0.3) is 0 Å². The van der Waals surface area contributed by atoms with E-state index in [1.165, 1.54) is 19.2 Å². The molecule has 0 aliphatic heterocycles. The van der Waals surface area contributed by atoms with Crippen molar-refractivity contribution in [2.24, 2.45) is 0 Å². The van der Waals surface area contributed by atoms with Gasteiger partial charge in [-0.1, -0.05) is 61.0 Å². The zero-order valence-corrected chi connectivity index (χ0v) is 33.5. The minimum Gasteiger partial charge on any atom is -0.492 e. The van der Waals surface area contributed by atoms with Crippen molar-refractivity contribution >= 4 is 23.7 Å². The zero-order chi connectivity index (χ0) is 43.1. The minimum absolute atomic E-state index is 0.0567. The molecule has 0 bridgehead atoms. The number of nitrogens with one attached hydrogen (secondary N) is 2. The number of nitriles is 1. The molecule has 0 saturated carbocycles. The second kappa shape index (κ2) is 21.5. The number of aliphatic carboxylic acids is 1. The Hall–Kier alpha value is -6.23. The maximum atomic E-state index is 14.3. The molecule has 0 saturated heterocycles. The number of carbonyl (C=O) groups excluding carboxylic acids is 2. The molecule has 0 aliphatic carbocycles. The van der Waals surface area contributed by atoms with Crippen LogP contribution in [0.5, 0.6) is 17.2 Å². The number of halogens is 4. The first kappa shape index (κ1) is 45.5. The average molecular weight is 831 g/mol. The summed E-state index contributed by atoms with van der Waals surface area (Å²) >= 11 is 6.71. The fourth-order valence-electron chi connectivity index (χ4n) is 6.10. The maximum absolute atomic E-state index is 14.3. The SMILES string of the molecule is CCNCc1cc(Cl)c(OCc2cccc(-c3cccc(-c4ccc(OCCN[C@@H](C)C(=O)O)c(C(F)(F)F)c4)c3C)c2C)cc1OCc1cncc(C#N)c1.O=C=O. The predicted octanol–water partition coefficient (Wildman–Crippen LogP) is 8.70. The lowest BCUT2D eigenvalue weighted by molar-refractivity contribution is -0.191. The van der Waals surface area contributed by atoms with Gasteiger partial charge in [-0.15, -0.1) is 0 Å². The molecule has 4 aromatic carbocycles. The third-order valence-electron chi connectivity index (χ3n) is 9.23. The molecule has 0 unspecified atom stereocenters. The van der Waals surface area contributed by atoms with Crippen molar-refractivity contribution in [1.29, 1.82) is 5.26 Å². The lowest BCUT2D eigenvalue weighted by atomic mass is 9.89. The highest BCUT2D eigenvalue weighted by Gasteiger charge is 2.35. The van der Waals surface area contributed by atoms with Crippen LogP contribution in [-0.2, 0) is 40.3 Å². The Morgan fingerprint density at radius 2 is 1.56 bits per heavy atom. The molecule has 0 radical (unpaired) electrons. The van der Waals surface area contributed by atoms with Crippen LogP contribution in [0.25, 0.3) is 22.3 Å². The largest absolute Gasteiger partial charge is 0.492 e. The molecule has 0 aliphatic rings. The van der Waals surface area contributed by atoms with Crippen LogP contribution < -0.4 is 24.8 Å². The van der Waals surface area contributed by atoms with E-state index in [0.717, 1.165) is 51.6 Å². The van der Waals surface area contributed by atoms with E-state index in [4.69, 9.17) is 40.5 Å². The Balaban J connectivity index is 0.00000248. The molecule has 1 aromatic heterocycles. The molecule has 59 heavy (non-hydrogen) atoms. The summed E-state index contributed by atoms with van der Waals surface area (Å²) in [5.41, 5.74) is 6.45. The third-order valence-corrected chi connectivity index (χ3v) is 9.52. The monoisotopic (exact) mass is 830 g/mol. The summed E-state index contributed by atoms with van der Waals surface area (Å²) in [6.45, 7) is 8.83. The molecule has 1 atom stereocenters. The van der Waals surface area contributed by atoms with E-state index < -0.39 is 23.8 Å². The van der Waals surface area contributed by atoms with Gasteiger partial charge in [0.1, 0.15) is 49.2 Å². The molecule has 11 nitrogen and oxygen atoms in total. The molecule has 0 amide bonds. The Bertz CT molecular complexity index is 2330. The van der Waals surface area contributed by atoms with Gasteiger partial charge >= 0.3 is 18.3 Å².